The minimum Gasteiger partial charge on any atom is -0.454 e. The van der Waals surface area contributed by atoms with E-state index in [1.165, 1.54) is 6.42 Å². The van der Waals surface area contributed by atoms with Crippen LogP contribution in [0.3, 0.4) is 0 Å². The zero-order valence-corrected chi connectivity index (χ0v) is 10.3. The van der Waals surface area contributed by atoms with E-state index in [1.807, 2.05) is 12.1 Å². The monoisotopic (exact) mass is 250 g/mol. The Labute approximate surface area is 104 Å². The van der Waals surface area contributed by atoms with E-state index in [0.29, 0.717) is 5.75 Å². The molecule has 1 aromatic rings. The van der Waals surface area contributed by atoms with Gasteiger partial charge in [-0.05, 0) is 36.8 Å². The molecule has 2 aliphatic rings. The molecule has 0 spiro atoms. The Morgan fingerprint density at radius 3 is 2.94 bits per heavy atom. The first-order valence-electron chi connectivity index (χ1n) is 5.90. The van der Waals surface area contributed by atoms with Gasteiger partial charge in [-0.1, -0.05) is 6.42 Å². The number of ether oxygens (including phenoxy) is 2. The van der Waals surface area contributed by atoms with E-state index in [1.54, 1.807) is 17.8 Å². The Balaban J connectivity index is 1.81. The average molecular weight is 250 g/mol. The average Bonchev–Trinajstić information content (AvgIpc) is 2.86. The highest BCUT2D eigenvalue weighted by atomic mass is 32.2. The van der Waals surface area contributed by atoms with Crippen molar-refractivity contribution < 1.29 is 14.3 Å². The summed E-state index contributed by atoms with van der Waals surface area (Å²) in [7, 11) is 0. The quantitative estimate of drug-likeness (QED) is 0.756. The molecule has 1 atom stereocenters. The maximum atomic E-state index is 12.3. The minimum atomic E-state index is 0.129. The number of hydrogen-bond donors (Lipinski definition) is 0. The van der Waals surface area contributed by atoms with Crippen LogP contribution in [0.25, 0.3) is 0 Å². The Bertz CT molecular complexity index is 438. The van der Waals surface area contributed by atoms with Crippen LogP contribution in [0.2, 0.25) is 0 Å². The van der Waals surface area contributed by atoms with Gasteiger partial charge in [0.05, 0.1) is 5.25 Å². The van der Waals surface area contributed by atoms with Crippen molar-refractivity contribution in [3.05, 3.63) is 23.8 Å². The van der Waals surface area contributed by atoms with Crippen molar-refractivity contribution in [2.45, 2.75) is 24.5 Å². The third-order valence-electron chi connectivity index (χ3n) is 3.13. The summed E-state index contributed by atoms with van der Waals surface area (Å²) in [6.45, 7) is 0.255. The summed E-state index contributed by atoms with van der Waals surface area (Å²) in [4.78, 5) is 12.3. The van der Waals surface area contributed by atoms with Crippen LogP contribution in [0.4, 0.5) is 0 Å². The van der Waals surface area contributed by atoms with Crippen LogP contribution in [0.5, 0.6) is 11.5 Å². The van der Waals surface area contributed by atoms with E-state index in [9.17, 15) is 4.79 Å². The lowest BCUT2D eigenvalue weighted by atomic mass is 10.0. The SMILES string of the molecule is O=C(c1ccc2c(c1)OCO2)C1CCCCS1. The summed E-state index contributed by atoms with van der Waals surface area (Å²) in [5, 5.41) is 0.129. The zero-order valence-electron chi connectivity index (χ0n) is 9.48. The van der Waals surface area contributed by atoms with Gasteiger partial charge in [0.1, 0.15) is 0 Å². The van der Waals surface area contributed by atoms with Crippen molar-refractivity contribution in [2.24, 2.45) is 0 Å². The summed E-state index contributed by atoms with van der Waals surface area (Å²) in [6, 6.07) is 5.47. The smallest absolute Gasteiger partial charge is 0.231 e. The van der Waals surface area contributed by atoms with Crippen LogP contribution < -0.4 is 9.47 Å². The fourth-order valence-electron chi connectivity index (χ4n) is 2.18. The second kappa shape index (κ2) is 4.61. The number of rotatable bonds is 2. The van der Waals surface area contributed by atoms with Crippen LogP contribution in [-0.4, -0.2) is 23.6 Å². The van der Waals surface area contributed by atoms with Crippen LogP contribution in [-0.2, 0) is 0 Å². The van der Waals surface area contributed by atoms with Crippen LogP contribution in [0.1, 0.15) is 29.6 Å². The Morgan fingerprint density at radius 1 is 1.24 bits per heavy atom. The highest BCUT2D eigenvalue weighted by molar-refractivity contribution is 8.00. The maximum Gasteiger partial charge on any atom is 0.231 e. The number of fused-ring (bicyclic) bond motifs is 1. The highest BCUT2D eigenvalue weighted by Crippen LogP contribution is 2.34. The minimum absolute atomic E-state index is 0.129. The zero-order chi connectivity index (χ0) is 11.7. The van der Waals surface area contributed by atoms with Gasteiger partial charge < -0.3 is 9.47 Å². The molecular weight excluding hydrogens is 236 g/mol. The van der Waals surface area contributed by atoms with Crippen LogP contribution >= 0.6 is 11.8 Å². The van der Waals surface area contributed by atoms with Crippen molar-refractivity contribution in [1.29, 1.82) is 0 Å². The molecule has 2 heterocycles. The molecule has 0 saturated carbocycles. The van der Waals surface area contributed by atoms with E-state index < -0.39 is 0 Å². The Kier molecular flexibility index (Phi) is 2.97. The lowest BCUT2D eigenvalue weighted by Gasteiger charge is -2.19. The van der Waals surface area contributed by atoms with Gasteiger partial charge in [0.2, 0.25) is 6.79 Å². The van der Waals surface area contributed by atoms with Gasteiger partial charge in [0.15, 0.2) is 17.3 Å². The number of carbonyl (C=O) groups excluding carboxylic acids is 1. The molecule has 3 rings (SSSR count). The van der Waals surface area contributed by atoms with Gasteiger partial charge in [-0.2, -0.15) is 11.8 Å². The molecule has 0 radical (unpaired) electrons. The van der Waals surface area contributed by atoms with Gasteiger partial charge in [-0.15, -0.1) is 0 Å². The summed E-state index contributed by atoms with van der Waals surface area (Å²) in [5.74, 6) is 2.75. The van der Waals surface area contributed by atoms with Gasteiger partial charge in [0.25, 0.3) is 0 Å². The first-order valence-corrected chi connectivity index (χ1v) is 6.95. The van der Waals surface area contributed by atoms with Gasteiger partial charge in [0, 0.05) is 5.56 Å². The summed E-state index contributed by atoms with van der Waals surface area (Å²) >= 11 is 1.78. The lowest BCUT2D eigenvalue weighted by molar-refractivity contribution is 0.0984. The third kappa shape index (κ3) is 2.14. The maximum absolute atomic E-state index is 12.3. The third-order valence-corrected chi connectivity index (χ3v) is 4.51. The van der Waals surface area contributed by atoms with E-state index in [-0.39, 0.29) is 17.8 Å². The molecule has 0 N–H and O–H groups in total. The topological polar surface area (TPSA) is 35.5 Å². The normalized spacial score (nSPS) is 22.5. The van der Waals surface area contributed by atoms with E-state index in [0.717, 1.165) is 29.9 Å². The first-order chi connectivity index (χ1) is 8.34. The largest absolute Gasteiger partial charge is 0.454 e. The van der Waals surface area contributed by atoms with Gasteiger partial charge in [-0.25, -0.2) is 0 Å². The summed E-state index contributed by atoms with van der Waals surface area (Å²) < 4.78 is 10.5. The standard InChI is InChI=1S/C13H14O3S/c14-13(12-3-1-2-6-17-12)9-4-5-10-11(7-9)16-8-15-10/h4-5,7,12H,1-3,6,8H2. The number of carbonyl (C=O) groups is 1. The Hall–Kier alpha value is -1.16. The number of thioether (sulfide) groups is 1. The lowest BCUT2D eigenvalue weighted by Crippen LogP contribution is -2.20. The van der Waals surface area contributed by atoms with Crippen LogP contribution in [0.15, 0.2) is 18.2 Å². The molecule has 17 heavy (non-hydrogen) atoms. The molecule has 1 saturated heterocycles. The molecule has 4 heteroatoms. The second-order valence-electron chi connectivity index (χ2n) is 4.29. The fourth-order valence-corrected chi connectivity index (χ4v) is 3.46. The van der Waals surface area contributed by atoms with Crippen molar-refractivity contribution >= 4 is 17.5 Å². The number of benzene rings is 1. The molecule has 0 bridgehead atoms. The van der Waals surface area contributed by atoms with Crippen molar-refractivity contribution in [3.63, 3.8) is 0 Å². The molecule has 2 aliphatic heterocycles. The van der Waals surface area contributed by atoms with E-state index in [2.05, 4.69) is 0 Å². The molecule has 0 amide bonds. The number of ketones is 1. The van der Waals surface area contributed by atoms with E-state index >= 15 is 0 Å². The number of Topliss-reactive ketones (excluding diaryl/α,β-unsaturated/α-hetero) is 1. The molecule has 1 aromatic carbocycles. The molecular formula is C13H14O3S. The van der Waals surface area contributed by atoms with Crippen molar-refractivity contribution in [3.8, 4) is 11.5 Å². The van der Waals surface area contributed by atoms with Crippen LogP contribution in [0, 0.1) is 0 Å². The molecule has 1 fully saturated rings. The Morgan fingerprint density at radius 2 is 2.12 bits per heavy atom. The number of hydrogen-bond acceptors (Lipinski definition) is 4. The van der Waals surface area contributed by atoms with Crippen molar-refractivity contribution in [1.82, 2.24) is 0 Å². The summed E-state index contributed by atoms with van der Waals surface area (Å²) in [6.07, 6.45) is 3.39. The van der Waals surface area contributed by atoms with Crippen molar-refractivity contribution in [2.75, 3.05) is 12.5 Å². The molecule has 3 nitrogen and oxygen atoms in total. The second-order valence-corrected chi connectivity index (χ2v) is 5.60. The molecule has 1 unspecified atom stereocenters. The predicted octanol–water partition coefficient (Wildman–Crippen LogP) is 2.88. The summed E-state index contributed by atoms with van der Waals surface area (Å²) in [5.41, 5.74) is 0.744. The fraction of sp³-hybridized carbons (Fsp3) is 0.462. The molecule has 0 aromatic heterocycles. The molecule has 90 valence electrons. The predicted molar refractivity (Wildman–Crippen MR) is 67.0 cm³/mol. The van der Waals surface area contributed by atoms with Gasteiger partial charge in [-0.3, -0.25) is 4.79 Å². The first kappa shape index (κ1) is 11.0. The van der Waals surface area contributed by atoms with E-state index in [4.69, 9.17) is 9.47 Å². The highest BCUT2D eigenvalue weighted by Gasteiger charge is 2.24. The molecule has 0 aliphatic carbocycles. The van der Waals surface area contributed by atoms with Gasteiger partial charge >= 0.3 is 0 Å².